The Bertz CT molecular complexity index is 464. The molecular formula is C13H16FNO3. The maximum atomic E-state index is 13.6. The van der Waals surface area contributed by atoms with Crippen LogP contribution >= 0.6 is 0 Å². The fourth-order valence-corrected chi connectivity index (χ4v) is 2.12. The topological polar surface area (TPSA) is 49.8 Å². The first-order valence-corrected chi connectivity index (χ1v) is 5.90. The van der Waals surface area contributed by atoms with E-state index in [-0.39, 0.29) is 17.7 Å². The number of carboxylic acid groups (broad SMARTS) is 1. The molecule has 5 heteroatoms. The summed E-state index contributed by atoms with van der Waals surface area (Å²) in [6.45, 7) is 5.21. The van der Waals surface area contributed by atoms with Crippen molar-refractivity contribution in [2.24, 2.45) is 0 Å². The number of aromatic carboxylic acids is 1. The van der Waals surface area contributed by atoms with E-state index in [9.17, 15) is 9.18 Å². The standard InChI is InChI=1S/C13H16FNO3/c1-8-7-18-9(2)6-15(8)10-3-4-11(13(16)17)12(14)5-10/h3-5,8-9H,6-7H2,1-2H3,(H,16,17). The highest BCUT2D eigenvalue weighted by atomic mass is 19.1. The largest absolute Gasteiger partial charge is 0.478 e. The second kappa shape index (κ2) is 4.94. The molecule has 0 bridgehead atoms. The Kier molecular flexibility index (Phi) is 3.52. The molecule has 0 aliphatic carbocycles. The molecule has 0 aromatic heterocycles. The van der Waals surface area contributed by atoms with Crippen molar-refractivity contribution < 1.29 is 19.0 Å². The molecule has 2 unspecified atom stereocenters. The number of halogens is 1. The normalized spacial score (nSPS) is 24.1. The molecule has 1 heterocycles. The third-order valence-corrected chi connectivity index (χ3v) is 3.12. The van der Waals surface area contributed by atoms with E-state index in [1.807, 2.05) is 18.7 Å². The minimum absolute atomic E-state index is 0.0865. The second-order valence-corrected chi connectivity index (χ2v) is 4.61. The number of anilines is 1. The smallest absolute Gasteiger partial charge is 0.338 e. The van der Waals surface area contributed by atoms with E-state index < -0.39 is 11.8 Å². The molecule has 1 aliphatic rings. The molecule has 18 heavy (non-hydrogen) atoms. The van der Waals surface area contributed by atoms with Gasteiger partial charge in [-0.15, -0.1) is 0 Å². The summed E-state index contributed by atoms with van der Waals surface area (Å²) in [5.41, 5.74) is 0.396. The van der Waals surface area contributed by atoms with Crippen LogP contribution in [-0.2, 0) is 4.74 Å². The van der Waals surface area contributed by atoms with E-state index in [0.717, 1.165) is 0 Å². The number of benzene rings is 1. The third kappa shape index (κ3) is 2.46. The number of hydrogen-bond donors (Lipinski definition) is 1. The van der Waals surface area contributed by atoms with Gasteiger partial charge in [0.1, 0.15) is 5.82 Å². The summed E-state index contributed by atoms with van der Waals surface area (Å²) in [6.07, 6.45) is 0.0865. The summed E-state index contributed by atoms with van der Waals surface area (Å²) < 4.78 is 19.1. The maximum Gasteiger partial charge on any atom is 0.338 e. The third-order valence-electron chi connectivity index (χ3n) is 3.12. The van der Waals surface area contributed by atoms with Crippen molar-refractivity contribution in [3.05, 3.63) is 29.6 Å². The Morgan fingerprint density at radius 1 is 1.50 bits per heavy atom. The monoisotopic (exact) mass is 253 g/mol. The lowest BCUT2D eigenvalue weighted by Gasteiger charge is -2.38. The van der Waals surface area contributed by atoms with Gasteiger partial charge in [-0.2, -0.15) is 0 Å². The molecule has 1 fully saturated rings. The zero-order chi connectivity index (χ0) is 13.3. The van der Waals surface area contributed by atoms with Gasteiger partial charge in [0.25, 0.3) is 0 Å². The van der Waals surface area contributed by atoms with E-state index in [1.54, 1.807) is 6.07 Å². The number of carbonyl (C=O) groups is 1. The molecule has 2 atom stereocenters. The first-order valence-electron chi connectivity index (χ1n) is 5.90. The molecule has 0 saturated carbocycles. The Morgan fingerprint density at radius 3 is 2.83 bits per heavy atom. The van der Waals surface area contributed by atoms with Crippen LogP contribution in [0.1, 0.15) is 24.2 Å². The summed E-state index contributed by atoms with van der Waals surface area (Å²) in [6, 6.07) is 4.37. The van der Waals surface area contributed by atoms with Gasteiger partial charge >= 0.3 is 5.97 Å². The average Bonchev–Trinajstić information content (AvgIpc) is 2.31. The number of morpholine rings is 1. The first-order chi connectivity index (χ1) is 8.49. The van der Waals surface area contributed by atoms with E-state index in [1.165, 1.54) is 12.1 Å². The van der Waals surface area contributed by atoms with Crippen LogP contribution < -0.4 is 4.90 Å². The molecule has 1 aliphatic heterocycles. The van der Waals surface area contributed by atoms with E-state index in [0.29, 0.717) is 18.8 Å². The quantitative estimate of drug-likeness (QED) is 0.877. The highest BCUT2D eigenvalue weighted by Crippen LogP contribution is 2.24. The minimum Gasteiger partial charge on any atom is -0.478 e. The van der Waals surface area contributed by atoms with Crippen molar-refractivity contribution in [3.8, 4) is 0 Å². The van der Waals surface area contributed by atoms with Gasteiger partial charge in [0.05, 0.1) is 18.3 Å². The molecule has 0 spiro atoms. The van der Waals surface area contributed by atoms with Crippen molar-refractivity contribution in [2.45, 2.75) is 26.0 Å². The molecule has 4 nitrogen and oxygen atoms in total. The zero-order valence-corrected chi connectivity index (χ0v) is 10.4. The van der Waals surface area contributed by atoms with Gasteiger partial charge in [0, 0.05) is 18.3 Å². The molecule has 98 valence electrons. The molecule has 1 N–H and O–H groups in total. The van der Waals surface area contributed by atoms with Crippen LogP contribution in [0, 0.1) is 5.82 Å². The van der Waals surface area contributed by atoms with Crippen LogP contribution in [0.2, 0.25) is 0 Å². The van der Waals surface area contributed by atoms with Crippen molar-refractivity contribution in [2.75, 3.05) is 18.1 Å². The molecule has 1 aromatic carbocycles. The van der Waals surface area contributed by atoms with Crippen LogP contribution in [0.15, 0.2) is 18.2 Å². The van der Waals surface area contributed by atoms with Gasteiger partial charge < -0.3 is 14.7 Å². The predicted molar refractivity (Wildman–Crippen MR) is 65.6 cm³/mol. The lowest BCUT2D eigenvalue weighted by atomic mass is 10.1. The Balaban J connectivity index is 2.28. The van der Waals surface area contributed by atoms with Crippen LogP contribution in [0.4, 0.5) is 10.1 Å². The lowest BCUT2D eigenvalue weighted by molar-refractivity contribution is 0.0343. The average molecular weight is 253 g/mol. The lowest BCUT2D eigenvalue weighted by Crippen LogP contribution is -2.47. The van der Waals surface area contributed by atoms with Gasteiger partial charge in [-0.25, -0.2) is 9.18 Å². The number of ether oxygens (including phenoxy) is 1. The Morgan fingerprint density at radius 2 is 2.22 bits per heavy atom. The van der Waals surface area contributed by atoms with Crippen LogP contribution in [0.25, 0.3) is 0 Å². The van der Waals surface area contributed by atoms with Crippen molar-refractivity contribution >= 4 is 11.7 Å². The van der Waals surface area contributed by atoms with Crippen molar-refractivity contribution in [1.29, 1.82) is 0 Å². The number of hydrogen-bond acceptors (Lipinski definition) is 3. The number of rotatable bonds is 2. The second-order valence-electron chi connectivity index (χ2n) is 4.61. The van der Waals surface area contributed by atoms with E-state index in [4.69, 9.17) is 9.84 Å². The van der Waals surface area contributed by atoms with Crippen molar-refractivity contribution in [1.82, 2.24) is 0 Å². The SMILES string of the molecule is CC1CN(c2ccc(C(=O)O)c(F)c2)C(C)CO1. The molecule has 0 amide bonds. The van der Waals surface area contributed by atoms with Gasteiger partial charge in [-0.3, -0.25) is 0 Å². The number of carboxylic acids is 1. The van der Waals surface area contributed by atoms with Crippen molar-refractivity contribution in [3.63, 3.8) is 0 Å². The predicted octanol–water partition coefficient (Wildman–Crippen LogP) is 2.14. The summed E-state index contributed by atoms with van der Waals surface area (Å²) in [5, 5.41) is 8.79. The van der Waals surface area contributed by atoms with Crippen LogP contribution in [0.5, 0.6) is 0 Å². The highest BCUT2D eigenvalue weighted by molar-refractivity contribution is 5.88. The highest BCUT2D eigenvalue weighted by Gasteiger charge is 2.24. The molecule has 0 radical (unpaired) electrons. The minimum atomic E-state index is -1.25. The fourth-order valence-electron chi connectivity index (χ4n) is 2.12. The first kappa shape index (κ1) is 12.8. The van der Waals surface area contributed by atoms with Crippen LogP contribution in [-0.4, -0.2) is 36.4 Å². The van der Waals surface area contributed by atoms with Gasteiger partial charge in [-0.1, -0.05) is 0 Å². The summed E-state index contributed by atoms with van der Waals surface area (Å²) in [7, 11) is 0. The Hall–Kier alpha value is -1.62. The molecule has 2 rings (SSSR count). The molecular weight excluding hydrogens is 237 g/mol. The van der Waals surface area contributed by atoms with Gasteiger partial charge in [0.15, 0.2) is 0 Å². The summed E-state index contributed by atoms with van der Waals surface area (Å²) in [4.78, 5) is 12.8. The summed E-state index contributed by atoms with van der Waals surface area (Å²) >= 11 is 0. The fraction of sp³-hybridized carbons (Fsp3) is 0.462. The maximum absolute atomic E-state index is 13.6. The zero-order valence-electron chi connectivity index (χ0n) is 10.4. The molecule has 1 aromatic rings. The van der Waals surface area contributed by atoms with E-state index in [2.05, 4.69) is 0 Å². The number of nitrogens with zero attached hydrogens (tertiary/aromatic N) is 1. The van der Waals surface area contributed by atoms with Crippen LogP contribution in [0.3, 0.4) is 0 Å². The molecule has 1 saturated heterocycles. The summed E-state index contributed by atoms with van der Waals surface area (Å²) in [5.74, 6) is -1.95. The van der Waals surface area contributed by atoms with Gasteiger partial charge in [0.2, 0.25) is 0 Å². The van der Waals surface area contributed by atoms with E-state index >= 15 is 0 Å². The Labute approximate surface area is 105 Å². The van der Waals surface area contributed by atoms with Gasteiger partial charge in [-0.05, 0) is 32.0 Å².